The molecule has 0 aliphatic heterocycles. The third-order valence-corrected chi connectivity index (χ3v) is 2.19. The monoisotopic (exact) mass is 176 g/mol. The van der Waals surface area contributed by atoms with E-state index in [1.54, 1.807) is 0 Å². The first-order valence-electron chi connectivity index (χ1n) is 4.48. The second-order valence-corrected chi connectivity index (χ2v) is 3.10. The number of pyridine rings is 1. The van der Waals surface area contributed by atoms with Crippen LogP contribution in [0.25, 0.3) is 0 Å². The van der Waals surface area contributed by atoms with Gasteiger partial charge in [-0.05, 0) is 37.6 Å². The molecule has 1 atom stereocenters. The lowest BCUT2D eigenvalue weighted by Crippen LogP contribution is -2.16. The van der Waals surface area contributed by atoms with Crippen LogP contribution >= 0.6 is 0 Å². The van der Waals surface area contributed by atoms with Crippen LogP contribution in [-0.2, 0) is 0 Å². The van der Waals surface area contributed by atoms with Gasteiger partial charge in [0.2, 0.25) is 0 Å². The van der Waals surface area contributed by atoms with E-state index in [2.05, 4.69) is 29.9 Å². The van der Waals surface area contributed by atoms with Gasteiger partial charge in [0.05, 0.1) is 0 Å². The Bertz CT molecular complexity index is 281. The third-order valence-electron chi connectivity index (χ3n) is 2.19. The molecule has 1 heterocycles. The number of hydrogen-bond donors (Lipinski definition) is 1. The van der Waals surface area contributed by atoms with Crippen LogP contribution in [0.3, 0.4) is 0 Å². The summed E-state index contributed by atoms with van der Waals surface area (Å²) < 4.78 is 0. The second kappa shape index (κ2) is 4.77. The van der Waals surface area contributed by atoms with Crippen molar-refractivity contribution in [1.82, 2.24) is 10.3 Å². The molecule has 1 rings (SSSR count). The minimum Gasteiger partial charge on any atom is -0.313 e. The Hall–Kier alpha value is -1.15. The van der Waals surface area contributed by atoms with E-state index < -0.39 is 0 Å². The van der Waals surface area contributed by atoms with Gasteiger partial charge in [0.1, 0.15) is 0 Å². The molecule has 0 amide bonds. The first-order valence-corrected chi connectivity index (χ1v) is 4.48. The van der Waals surface area contributed by atoms with Crippen molar-refractivity contribution in [3.8, 4) is 0 Å². The summed E-state index contributed by atoms with van der Waals surface area (Å²) in [5, 5.41) is 3.26. The van der Waals surface area contributed by atoms with Gasteiger partial charge in [-0.1, -0.05) is 6.08 Å². The van der Waals surface area contributed by atoms with Crippen LogP contribution in [0.1, 0.15) is 23.6 Å². The number of nitrogens with one attached hydrogen (secondary N) is 1. The normalized spacial score (nSPS) is 12.5. The van der Waals surface area contributed by atoms with Gasteiger partial charge < -0.3 is 5.32 Å². The molecule has 0 fully saturated rings. The summed E-state index contributed by atoms with van der Waals surface area (Å²) in [7, 11) is 1.97. The highest BCUT2D eigenvalue weighted by atomic mass is 14.9. The second-order valence-electron chi connectivity index (χ2n) is 3.10. The van der Waals surface area contributed by atoms with Gasteiger partial charge in [0, 0.05) is 18.4 Å². The van der Waals surface area contributed by atoms with Gasteiger partial charge in [0.15, 0.2) is 0 Å². The minimum absolute atomic E-state index is 0.362. The highest BCUT2D eigenvalue weighted by Gasteiger charge is 2.08. The number of nitrogens with zero attached hydrogens (tertiary/aromatic N) is 1. The molecule has 0 bridgehead atoms. The molecule has 0 radical (unpaired) electrons. The summed E-state index contributed by atoms with van der Waals surface area (Å²) >= 11 is 0. The van der Waals surface area contributed by atoms with Crippen molar-refractivity contribution in [3.63, 3.8) is 0 Å². The molecule has 70 valence electrons. The fourth-order valence-corrected chi connectivity index (χ4v) is 1.44. The van der Waals surface area contributed by atoms with E-state index in [1.165, 1.54) is 11.1 Å². The Morgan fingerprint density at radius 3 is 3.00 bits per heavy atom. The minimum atomic E-state index is 0.362. The molecule has 0 aromatic carbocycles. The molecule has 2 heteroatoms. The number of rotatable bonds is 4. The molecule has 1 N–H and O–H groups in total. The smallest absolute Gasteiger partial charge is 0.0356 e. The predicted molar refractivity (Wildman–Crippen MR) is 55.6 cm³/mol. The molecule has 1 unspecified atom stereocenters. The summed E-state index contributed by atoms with van der Waals surface area (Å²) in [5.74, 6) is 0. The zero-order valence-electron chi connectivity index (χ0n) is 8.25. The van der Waals surface area contributed by atoms with Crippen LogP contribution in [0.5, 0.6) is 0 Å². The summed E-state index contributed by atoms with van der Waals surface area (Å²) in [6.45, 7) is 5.83. The first-order chi connectivity index (χ1) is 6.29. The zero-order valence-corrected chi connectivity index (χ0v) is 8.25. The Morgan fingerprint density at radius 1 is 1.69 bits per heavy atom. The Morgan fingerprint density at radius 2 is 2.46 bits per heavy atom. The van der Waals surface area contributed by atoms with Gasteiger partial charge >= 0.3 is 0 Å². The largest absolute Gasteiger partial charge is 0.313 e. The maximum atomic E-state index is 4.07. The van der Waals surface area contributed by atoms with E-state index in [0.717, 1.165) is 6.42 Å². The molecule has 0 aliphatic carbocycles. The summed E-state index contributed by atoms with van der Waals surface area (Å²) in [6, 6.07) is 2.42. The van der Waals surface area contributed by atoms with Gasteiger partial charge in [0.25, 0.3) is 0 Å². The van der Waals surface area contributed by atoms with E-state index in [1.807, 2.05) is 25.5 Å². The summed E-state index contributed by atoms with van der Waals surface area (Å²) in [5.41, 5.74) is 2.53. The van der Waals surface area contributed by atoms with Crippen LogP contribution in [0.15, 0.2) is 31.1 Å². The molecule has 0 saturated carbocycles. The fraction of sp³-hybridized carbons (Fsp3) is 0.364. The van der Waals surface area contributed by atoms with E-state index >= 15 is 0 Å². The van der Waals surface area contributed by atoms with Gasteiger partial charge in [-0.3, -0.25) is 4.98 Å². The van der Waals surface area contributed by atoms with Crippen molar-refractivity contribution < 1.29 is 0 Å². The van der Waals surface area contributed by atoms with Crippen molar-refractivity contribution in [1.29, 1.82) is 0 Å². The molecular formula is C11H16N2. The fourth-order valence-electron chi connectivity index (χ4n) is 1.44. The van der Waals surface area contributed by atoms with E-state index in [0.29, 0.717) is 6.04 Å². The number of hydrogen-bond acceptors (Lipinski definition) is 2. The molecule has 1 aromatic rings. The highest BCUT2D eigenvalue weighted by molar-refractivity contribution is 5.25. The quantitative estimate of drug-likeness (QED) is 0.711. The number of aryl methyl sites for hydroxylation is 1. The van der Waals surface area contributed by atoms with Crippen molar-refractivity contribution in [2.45, 2.75) is 19.4 Å². The molecule has 0 aliphatic rings. The lowest BCUT2D eigenvalue weighted by Gasteiger charge is -2.16. The Balaban J connectivity index is 2.90. The Kier molecular flexibility index (Phi) is 3.65. The lowest BCUT2D eigenvalue weighted by atomic mass is 10.0. The lowest BCUT2D eigenvalue weighted by molar-refractivity contribution is 0.599. The van der Waals surface area contributed by atoms with Gasteiger partial charge in [-0.2, -0.15) is 0 Å². The average molecular weight is 176 g/mol. The highest BCUT2D eigenvalue weighted by Crippen LogP contribution is 2.19. The van der Waals surface area contributed by atoms with Gasteiger partial charge in [-0.25, -0.2) is 0 Å². The van der Waals surface area contributed by atoms with Crippen LogP contribution < -0.4 is 5.32 Å². The summed E-state index contributed by atoms with van der Waals surface area (Å²) in [6.07, 6.45) is 6.60. The topological polar surface area (TPSA) is 24.9 Å². The van der Waals surface area contributed by atoms with E-state index in [9.17, 15) is 0 Å². The molecular weight excluding hydrogens is 160 g/mol. The van der Waals surface area contributed by atoms with Crippen molar-refractivity contribution in [2.24, 2.45) is 0 Å². The van der Waals surface area contributed by atoms with Crippen molar-refractivity contribution in [3.05, 3.63) is 42.2 Å². The first kappa shape index (κ1) is 9.93. The SMILES string of the molecule is C=CCC(NC)c1ccncc1C. The third kappa shape index (κ3) is 2.39. The zero-order chi connectivity index (χ0) is 9.68. The van der Waals surface area contributed by atoms with E-state index in [-0.39, 0.29) is 0 Å². The average Bonchev–Trinajstić information content (AvgIpc) is 2.16. The van der Waals surface area contributed by atoms with Crippen LogP contribution in [-0.4, -0.2) is 12.0 Å². The summed E-state index contributed by atoms with van der Waals surface area (Å²) in [4.78, 5) is 4.07. The molecule has 0 saturated heterocycles. The molecule has 13 heavy (non-hydrogen) atoms. The number of aromatic nitrogens is 1. The molecule has 2 nitrogen and oxygen atoms in total. The van der Waals surface area contributed by atoms with Crippen molar-refractivity contribution in [2.75, 3.05) is 7.05 Å². The molecule has 0 spiro atoms. The van der Waals surface area contributed by atoms with Crippen LogP contribution in [0.2, 0.25) is 0 Å². The van der Waals surface area contributed by atoms with Crippen LogP contribution in [0.4, 0.5) is 0 Å². The van der Waals surface area contributed by atoms with Crippen molar-refractivity contribution >= 4 is 0 Å². The predicted octanol–water partition coefficient (Wildman–Crippen LogP) is 2.23. The van der Waals surface area contributed by atoms with Crippen LogP contribution in [0, 0.1) is 6.92 Å². The van der Waals surface area contributed by atoms with E-state index in [4.69, 9.17) is 0 Å². The van der Waals surface area contributed by atoms with Gasteiger partial charge in [-0.15, -0.1) is 6.58 Å². The maximum absolute atomic E-state index is 4.07. The standard InChI is InChI=1S/C11H16N2/c1-4-5-11(12-3)10-6-7-13-8-9(10)2/h4,6-8,11-12H,1,5H2,2-3H3. The maximum Gasteiger partial charge on any atom is 0.0356 e. The Labute approximate surface area is 79.7 Å². The molecule has 1 aromatic heterocycles.